The predicted octanol–water partition coefficient (Wildman–Crippen LogP) is 4.22. The fraction of sp³-hybridized carbons (Fsp3) is 1.00. The third-order valence-corrected chi connectivity index (χ3v) is 3.40. The third-order valence-electron chi connectivity index (χ3n) is 3.40. The van der Waals surface area contributed by atoms with E-state index in [1.807, 2.05) is 0 Å². The van der Waals surface area contributed by atoms with Crippen molar-refractivity contribution < 1.29 is 14.2 Å². The first-order valence-electron chi connectivity index (χ1n) is 8.86. The molecule has 0 unspecified atom stereocenters. The molecule has 0 heterocycles. The van der Waals surface area contributed by atoms with Crippen molar-refractivity contribution in [3.8, 4) is 0 Å². The van der Waals surface area contributed by atoms with E-state index in [2.05, 4.69) is 20.8 Å². The number of rotatable bonds is 16. The molecule has 21 heavy (non-hydrogen) atoms. The van der Waals surface area contributed by atoms with Crippen molar-refractivity contribution >= 4 is 0 Å². The first kappa shape index (κ1) is 20.8. The topological polar surface area (TPSA) is 53.7 Å². The number of nitrogens with two attached hydrogens (primary N) is 1. The molecule has 0 rings (SSSR count). The number of ether oxygens (including phenoxy) is 3. The summed E-state index contributed by atoms with van der Waals surface area (Å²) in [4.78, 5) is 0. The molecule has 0 aromatic heterocycles. The molecule has 0 aliphatic rings. The Hall–Kier alpha value is -0.160. The van der Waals surface area contributed by atoms with Crippen LogP contribution in [0.2, 0.25) is 0 Å². The van der Waals surface area contributed by atoms with Crippen LogP contribution in [0.1, 0.15) is 78.6 Å². The molecule has 0 bridgehead atoms. The van der Waals surface area contributed by atoms with Crippen LogP contribution in [0.25, 0.3) is 0 Å². The average Bonchev–Trinajstić information content (AvgIpc) is 2.48. The highest BCUT2D eigenvalue weighted by Crippen LogP contribution is 2.24. The summed E-state index contributed by atoms with van der Waals surface area (Å²) in [5.41, 5.74) is 5.60. The van der Waals surface area contributed by atoms with Crippen molar-refractivity contribution in [3.05, 3.63) is 0 Å². The van der Waals surface area contributed by atoms with Crippen LogP contribution in [0.4, 0.5) is 0 Å². The average molecular weight is 303 g/mol. The highest BCUT2D eigenvalue weighted by molar-refractivity contribution is 4.61. The van der Waals surface area contributed by atoms with E-state index in [-0.39, 0.29) is 0 Å². The smallest absolute Gasteiger partial charge is 0.282 e. The van der Waals surface area contributed by atoms with Crippen molar-refractivity contribution in [1.82, 2.24) is 0 Å². The lowest BCUT2D eigenvalue weighted by Gasteiger charge is -2.33. The lowest BCUT2D eigenvalue weighted by atomic mass is 10.2. The zero-order chi connectivity index (χ0) is 15.8. The van der Waals surface area contributed by atoms with Gasteiger partial charge in [0.15, 0.2) is 0 Å². The summed E-state index contributed by atoms with van der Waals surface area (Å²) >= 11 is 0. The van der Waals surface area contributed by atoms with Gasteiger partial charge in [-0.05, 0) is 38.6 Å². The van der Waals surface area contributed by atoms with E-state index in [1.165, 1.54) is 0 Å². The molecule has 128 valence electrons. The highest BCUT2D eigenvalue weighted by atomic mass is 16.9. The van der Waals surface area contributed by atoms with Crippen LogP contribution in [-0.2, 0) is 14.2 Å². The Morgan fingerprint density at radius 2 is 1.10 bits per heavy atom. The first-order valence-corrected chi connectivity index (χ1v) is 8.86. The molecule has 0 aliphatic carbocycles. The minimum absolute atomic E-state index is 0.692. The third kappa shape index (κ3) is 11.1. The molecule has 0 amide bonds. The number of hydrogen-bond acceptors (Lipinski definition) is 4. The van der Waals surface area contributed by atoms with E-state index in [0.717, 1.165) is 57.8 Å². The van der Waals surface area contributed by atoms with Gasteiger partial charge in [-0.15, -0.1) is 0 Å². The van der Waals surface area contributed by atoms with Crippen LogP contribution in [0.3, 0.4) is 0 Å². The molecular formula is C17H37NO3. The maximum absolute atomic E-state index is 6.02. The Bertz CT molecular complexity index is 167. The van der Waals surface area contributed by atoms with Gasteiger partial charge in [0, 0.05) is 6.42 Å². The van der Waals surface area contributed by atoms with Gasteiger partial charge in [0.25, 0.3) is 5.97 Å². The van der Waals surface area contributed by atoms with E-state index < -0.39 is 5.97 Å². The molecule has 2 N–H and O–H groups in total. The molecule has 0 saturated carbocycles. The molecule has 0 fully saturated rings. The molecule has 0 aliphatic heterocycles. The zero-order valence-electron chi connectivity index (χ0n) is 14.5. The lowest BCUT2D eigenvalue weighted by molar-refractivity contribution is -0.384. The summed E-state index contributed by atoms with van der Waals surface area (Å²) in [6.07, 6.45) is 9.16. The largest absolute Gasteiger partial charge is 0.330 e. The normalized spacial score (nSPS) is 12.0. The second-order valence-corrected chi connectivity index (χ2v) is 5.53. The summed E-state index contributed by atoms with van der Waals surface area (Å²) in [6, 6.07) is 0. The molecule has 0 aromatic rings. The van der Waals surface area contributed by atoms with Gasteiger partial charge < -0.3 is 19.9 Å². The molecule has 0 spiro atoms. The summed E-state index contributed by atoms with van der Waals surface area (Å²) in [5.74, 6) is -0.852. The van der Waals surface area contributed by atoms with Crippen LogP contribution < -0.4 is 5.73 Å². The fourth-order valence-electron chi connectivity index (χ4n) is 1.94. The van der Waals surface area contributed by atoms with Crippen molar-refractivity contribution in [2.24, 2.45) is 5.73 Å². The lowest BCUT2D eigenvalue weighted by Crippen LogP contribution is -2.40. The molecule has 0 radical (unpaired) electrons. The van der Waals surface area contributed by atoms with Crippen molar-refractivity contribution in [1.29, 1.82) is 0 Å². The highest BCUT2D eigenvalue weighted by Gasteiger charge is 2.32. The van der Waals surface area contributed by atoms with Crippen LogP contribution in [-0.4, -0.2) is 32.3 Å². The van der Waals surface area contributed by atoms with E-state index in [1.54, 1.807) is 0 Å². The Morgan fingerprint density at radius 3 is 1.43 bits per heavy atom. The van der Waals surface area contributed by atoms with Crippen LogP contribution in [0.5, 0.6) is 0 Å². The number of unbranched alkanes of at least 4 members (excludes halogenated alkanes) is 4. The Labute approximate surface area is 131 Å². The second kappa shape index (κ2) is 14.8. The summed E-state index contributed by atoms with van der Waals surface area (Å²) in [5, 5.41) is 0. The Balaban J connectivity index is 4.52. The van der Waals surface area contributed by atoms with E-state index in [0.29, 0.717) is 26.4 Å². The van der Waals surface area contributed by atoms with Crippen molar-refractivity contribution in [2.45, 2.75) is 84.5 Å². The van der Waals surface area contributed by atoms with Gasteiger partial charge >= 0.3 is 0 Å². The van der Waals surface area contributed by atoms with Gasteiger partial charge in [-0.3, -0.25) is 0 Å². The van der Waals surface area contributed by atoms with Crippen molar-refractivity contribution in [2.75, 3.05) is 26.4 Å². The second-order valence-electron chi connectivity index (χ2n) is 5.53. The molecule has 4 nitrogen and oxygen atoms in total. The molecule has 0 aromatic carbocycles. The Morgan fingerprint density at radius 1 is 0.667 bits per heavy atom. The minimum Gasteiger partial charge on any atom is -0.330 e. The monoisotopic (exact) mass is 303 g/mol. The fourth-order valence-corrected chi connectivity index (χ4v) is 1.94. The molecule has 4 heteroatoms. The molecule has 0 saturated heterocycles. The maximum Gasteiger partial charge on any atom is 0.282 e. The van der Waals surface area contributed by atoms with Crippen molar-refractivity contribution in [3.63, 3.8) is 0 Å². The number of hydrogen-bond donors (Lipinski definition) is 1. The zero-order valence-corrected chi connectivity index (χ0v) is 14.5. The first-order chi connectivity index (χ1) is 10.2. The quantitative estimate of drug-likeness (QED) is 0.342. The van der Waals surface area contributed by atoms with Crippen LogP contribution >= 0.6 is 0 Å². The standard InChI is InChI=1S/C17H37NO3/c1-4-7-14-19-17(12-10-11-13-18,20-15-8-5-2)21-16-9-6-3/h4-16,18H2,1-3H3. The van der Waals surface area contributed by atoms with Gasteiger partial charge in [0.1, 0.15) is 0 Å². The van der Waals surface area contributed by atoms with E-state index in [4.69, 9.17) is 19.9 Å². The Kier molecular flexibility index (Phi) is 14.7. The van der Waals surface area contributed by atoms with Gasteiger partial charge in [-0.2, -0.15) is 0 Å². The van der Waals surface area contributed by atoms with Gasteiger partial charge in [0.2, 0.25) is 0 Å². The minimum atomic E-state index is -0.852. The van der Waals surface area contributed by atoms with Gasteiger partial charge in [-0.25, -0.2) is 0 Å². The van der Waals surface area contributed by atoms with Gasteiger partial charge in [-0.1, -0.05) is 40.0 Å². The SMILES string of the molecule is CCCCOC(CCCCN)(OCCCC)OCCCC. The predicted molar refractivity (Wildman–Crippen MR) is 88.2 cm³/mol. The maximum atomic E-state index is 6.02. The van der Waals surface area contributed by atoms with Gasteiger partial charge in [0.05, 0.1) is 19.8 Å². The molecule has 0 atom stereocenters. The van der Waals surface area contributed by atoms with Crippen LogP contribution in [0, 0.1) is 0 Å². The summed E-state index contributed by atoms with van der Waals surface area (Å²) in [6.45, 7) is 9.26. The van der Waals surface area contributed by atoms with E-state index >= 15 is 0 Å². The van der Waals surface area contributed by atoms with E-state index in [9.17, 15) is 0 Å². The molecular weight excluding hydrogens is 266 g/mol. The van der Waals surface area contributed by atoms with Crippen LogP contribution in [0.15, 0.2) is 0 Å². The summed E-state index contributed by atoms with van der Waals surface area (Å²) < 4.78 is 18.1. The summed E-state index contributed by atoms with van der Waals surface area (Å²) in [7, 11) is 0.